The number of aryl methyl sites for hydroxylation is 1. The molecule has 146 valence electrons. The van der Waals surface area contributed by atoms with E-state index in [1.54, 1.807) is 36.4 Å². The minimum Gasteiger partial charge on any atom is -0.408 e. The molecule has 2 heterocycles. The van der Waals surface area contributed by atoms with E-state index in [0.29, 0.717) is 29.0 Å². The van der Waals surface area contributed by atoms with Gasteiger partial charge in [0.1, 0.15) is 6.54 Å². The summed E-state index contributed by atoms with van der Waals surface area (Å²) in [6, 6.07) is 12.1. The summed E-state index contributed by atoms with van der Waals surface area (Å²) < 4.78 is 31.8. The molecule has 0 saturated heterocycles. The van der Waals surface area contributed by atoms with E-state index in [9.17, 15) is 18.0 Å². The molecule has 0 fully saturated rings. The number of hydrogen-bond donors (Lipinski definition) is 1. The molecule has 0 bridgehead atoms. The fourth-order valence-corrected chi connectivity index (χ4v) is 4.46. The highest BCUT2D eigenvalue weighted by Crippen LogP contribution is 2.31. The van der Waals surface area contributed by atoms with Crippen LogP contribution < -0.4 is 15.4 Å². The van der Waals surface area contributed by atoms with Crippen molar-refractivity contribution in [3.05, 3.63) is 58.6 Å². The quantitative estimate of drug-likeness (QED) is 0.720. The Bertz CT molecular complexity index is 1230. The first-order valence-corrected chi connectivity index (χ1v) is 10.7. The summed E-state index contributed by atoms with van der Waals surface area (Å²) in [7, 11) is -3.39. The van der Waals surface area contributed by atoms with E-state index in [1.807, 2.05) is 6.07 Å². The lowest BCUT2D eigenvalue weighted by Crippen LogP contribution is -2.34. The highest BCUT2D eigenvalue weighted by Gasteiger charge is 2.24. The molecule has 0 atom stereocenters. The number of hydrogen-bond acceptors (Lipinski definition) is 5. The van der Waals surface area contributed by atoms with Crippen molar-refractivity contribution in [1.82, 2.24) is 4.57 Å². The van der Waals surface area contributed by atoms with Gasteiger partial charge in [0.25, 0.3) is 0 Å². The van der Waals surface area contributed by atoms with Gasteiger partial charge in [-0.25, -0.2) is 13.2 Å². The van der Waals surface area contributed by atoms with Crippen LogP contribution in [-0.4, -0.2) is 31.7 Å². The number of sulfonamides is 1. The maximum Gasteiger partial charge on any atom is 0.420 e. The largest absolute Gasteiger partial charge is 0.420 e. The lowest BCUT2D eigenvalue weighted by Gasteiger charge is -2.29. The van der Waals surface area contributed by atoms with Crippen molar-refractivity contribution in [3.63, 3.8) is 0 Å². The van der Waals surface area contributed by atoms with E-state index in [0.717, 1.165) is 18.4 Å². The lowest BCUT2D eigenvalue weighted by molar-refractivity contribution is -0.116. The highest BCUT2D eigenvalue weighted by atomic mass is 32.2. The summed E-state index contributed by atoms with van der Waals surface area (Å²) in [5.41, 5.74) is 2.93. The van der Waals surface area contributed by atoms with E-state index < -0.39 is 21.7 Å². The van der Waals surface area contributed by atoms with Crippen molar-refractivity contribution in [2.24, 2.45) is 0 Å². The predicted molar refractivity (Wildman–Crippen MR) is 106 cm³/mol. The molecule has 28 heavy (non-hydrogen) atoms. The summed E-state index contributed by atoms with van der Waals surface area (Å²) in [6.45, 7) is 0.211. The first-order chi connectivity index (χ1) is 13.3. The lowest BCUT2D eigenvalue weighted by atomic mass is 10.0. The summed E-state index contributed by atoms with van der Waals surface area (Å²) in [5.74, 6) is -1.01. The Balaban J connectivity index is 1.59. The van der Waals surface area contributed by atoms with Crippen LogP contribution in [0.3, 0.4) is 0 Å². The van der Waals surface area contributed by atoms with Gasteiger partial charge in [-0.2, -0.15) is 0 Å². The van der Waals surface area contributed by atoms with Crippen molar-refractivity contribution in [2.45, 2.75) is 19.4 Å². The van der Waals surface area contributed by atoms with E-state index in [2.05, 4.69) is 5.32 Å². The number of carbonyl (C=O) groups is 1. The molecule has 2 aromatic carbocycles. The fourth-order valence-electron chi connectivity index (χ4n) is 3.47. The molecule has 1 aliphatic rings. The predicted octanol–water partition coefficient (Wildman–Crippen LogP) is 1.95. The molecular weight excluding hydrogens is 382 g/mol. The Morgan fingerprint density at radius 1 is 1.21 bits per heavy atom. The molecule has 0 unspecified atom stereocenters. The number of para-hydroxylation sites is 2. The number of oxazole rings is 1. The Morgan fingerprint density at radius 3 is 2.79 bits per heavy atom. The Kier molecular flexibility index (Phi) is 4.46. The number of nitrogens with one attached hydrogen (secondary N) is 1. The van der Waals surface area contributed by atoms with Gasteiger partial charge >= 0.3 is 5.76 Å². The van der Waals surface area contributed by atoms with Gasteiger partial charge in [-0.1, -0.05) is 18.2 Å². The maximum absolute atomic E-state index is 12.5. The van der Waals surface area contributed by atoms with Gasteiger partial charge in [-0.3, -0.25) is 13.7 Å². The van der Waals surface area contributed by atoms with Crippen molar-refractivity contribution >= 4 is 38.4 Å². The third-order valence-corrected chi connectivity index (χ3v) is 5.90. The molecule has 1 amide bonds. The molecule has 4 rings (SSSR count). The molecular formula is C19H19N3O5S. The number of fused-ring (bicyclic) bond motifs is 2. The third-order valence-electron chi connectivity index (χ3n) is 4.72. The smallest absolute Gasteiger partial charge is 0.408 e. The summed E-state index contributed by atoms with van der Waals surface area (Å²) in [4.78, 5) is 24.5. The standard InChI is InChI=1S/C19H19N3O5S/c1-28(25,26)22-10-4-5-13-8-9-14(11-16(13)22)20-18(23)12-21-15-6-2-3-7-17(15)27-19(21)24/h2-3,6-9,11H,4-5,10,12H2,1H3,(H,20,23). The van der Waals surface area contributed by atoms with E-state index in [1.165, 1.54) is 15.1 Å². The number of nitrogens with zero attached hydrogens (tertiary/aromatic N) is 2. The SMILES string of the molecule is CS(=O)(=O)N1CCCc2ccc(NC(=O)Cn3c(=O)oc4ccccc43)cc21. The third kappa shape index (κ3) is 3.40. The van der Waals surface area contributed by atoms with E-state index in [-0.39, 0.29) is 6.54 Å². The molecule has 0 radical (unpaired) electrons. The number of amides is 1. The normalized spacial score (nSPS) is 14.1. The van der Waals surface area contributed by atoms with Crippen LogP contribution in [0.4, 0.5) is 11.4 Å². The van der Waals surface area contributed by atoms with E-state index >= 15 is 0 Å². The van der Waals surface area contributed by atoms with Crippen LogP contribution in [0.15, 0.2) is 51.7 Å². The minimum atomic E-state index is -3.39. The molecule has 1 aromatic heterocycles. The van der Waals surface area contributed by atoms with Crippen LogP contribution in [0.5, 0.6) is 0 Å². The zero-order valence-electron chi connectivity index (χ0n) is 15.2. The minimum absolute atomic E-state index is 0.206. The van der Waals surface area contributed by atoms with Gasteiger partial charge in [-0.15, -0.1) is 0 Å². The van der Waals surface area contributed by atoms with Crippen molar-refractivity contribution < 1.29 is 17.6 Å². The summed E-state index contributed by atoms with van der Waals surface area (Å²) >= 11 is 0. The topological polar surface area (TPSA) is 102 Å². The first-order valence-electron chi connectivity index (χ1n) is 8.82. The zero-order chi connectivity index (χ0) is 19.9. The van der Waals surface area contributed by atoms with Gasteiger partial charge < -0.3 is 9.73 Å². The van der Waals surface area contributed by atoms with Crippen LogP contribution in [0.1, 0.15) is 12.0 Å². The number of aromatic nitrogens is 1. The monoisotopic (exact) mass is 401 g/mol. The summed E-state index contributed by atoms with van der Waals surface area (Å²) in [6.07, 6.45) is 2.71. The van der Waals surface area contributed by atoms with Crippen molar-refractivity contribution in [3.8, 4) is 0 Å². The second kappa shape index (κ2) is 6.83. The van der Waals surface area contributed by atoms with Crippen LogP contribution in [-0.2, 0) is 27.8 Å². The molecule has 3 aromatic rings. The van der Waals surface area contributed by atoms with Crippen LogP contribution >= 0.6 is 0 Å². The molecule has 8 nitrogen and oxygen atoms in total. The van der Waals surface area contributed by atoms with Gasteiger partial charge in [0, 0.05) is 12.2 Å². The van der Waals surface area contributed by atoms with Crippen LogP contribution in [0, 0.1) is 0 Å². The Morgan fingerprint density at radius 2 is 2.00 bits per heavy atom. The van der Waals surface area contributed by atoms with Gasteiger partial charge in [0.15, 0.2) is 5.58 Å². The molecule has 0 spiro atoms. The average molecular weight is 401 g/mol. The van der Waals surface area contributed by atoms with Crippen LogP contribution in [0.2, 0.25) is 0 Å². The molecule has 9 heteroatoms. The van der Waals surface area contributed by atoms with Crippen molar-refractivity contribution in [2.75, 3.05) is 22.4 Å². The molecule has 0 aliphatic carbocycles. The number of carbonyl (C=O) groups excluding carboxylic acids is 1. The number of rotatable bonds is 4. The number of anilines is 2. The highest BCUT2D eigenvalue weighted by molar-refractivity contribution is 7.92. The fraction of sp³-hybridized carbons (Fsp3) is 0.263. The van der Waals surface area contributed by atoms with Crippen molar-refractivity contribution in [1.29, 1.82) is 0 Å². The second-order valence-electron chi connectivity index (χ2n) is 6.75. The van der Waals surface area contributed by atoms with E-state index in [4.69, 9.17) is 4.42 Å². The first kappa shape index (κ1) is 18.3. The van der Waals surface area contributed by atoms with Gasteiger partial charge in [-0.05, 0) is 42.7 Å². The Labute approximate surface area is 161 Å². The molecule has 1 aliphatic heterocycles. The Hall–Kier alpha value is -3.07. The average Bonchev–Trinajstić information content (AvgIpc) is 2.96. The van der Waals surface area contributed by atoms with Gasteiger partial charge in [0.05, 0.1) is 17.5 Å². The summed E-state index contributed by atoms with van der Waals surface area (Å²) in [5, 5.41) is 2.73. The molecule has 0 saturated carbocycles. The number of benzene rings is 2. The zero-order valence-corrected chi connectivity index (χ0v) is 16.0. The van der Waals surface area contributed by atoms with Gasteiger partial charge in [0.2, 0.25) is 15.9 Å². The molecule has 1 N–H and O–H groups in total. The van der Waals surface area contributed by atoms with Crippen LogP contribution in [0.25, 0.3) is 11.1 Å². The maximum atomic E-state index is 12.5. The second-order valence-corrected chi connectivity index (χ2v) is 8.66.